The van der Waals surface area contributed by atoms with Crippen molar-refractivity contribution in [2.24, 2.45) is 0 Å². The third kappa shape index (κ3) is 6.94. The summed E-state index contributed by atoms with van der Waals surface area (Å²) in [6, 6.07) is 33.3. The maximum Gasteiger partial charge on any atom is 0.164 e. The van der Waals surface area contributed by atoms with Crippen LogP contribution >= 0.6 is 0 Å². The lowest BCUT2D eigenvalue weighted by atomic mass is 9.79. The van der Waals surface area contributed by atoms with E-state index >= 15 is 0 Å². The van der Waals surface area contributed by atoms with Gasteiger partial charge < -0.3 is 0 Å². The molecule has 7 nitrogen and oxygen atoms in total. The SMILES string of the molecule is CC(C)(C)c1cc(-c2cccc(-c3nc(-c4cccc(-c5ncccn5)c4)nc(-c4ccccc4-c4cnccn4)n3)c2)cc(C(C)(C)C)c1. The average Bonchev–Trinajstić information content (AvgIpc) is 3.14. The zero-order valence-electron chi connectivity index (χ0n) is 29.3. The van der Waals surface area contributed by atoms with Crippen LogP contribution in [0.5, 0.6) is 0 Å². The molecule has 0 aliphatic heterocycles. The van der Waals surface area contributed by atoms with E-state index in [1.54, 1.807) is 31.0 Å². The van der Waals surface area contributed by atoms with Crippen molar-refractivity contribution in [2.75, 3.05) is 0 Å². The molecule has 4 aromatic carbocycles. The number of nitrogens with zero attached hydrogens (tertiary/aromatic N) is 7. The molecule has 50 heavy (non-hydrogen) atoms. The first-order valence-corrected chi connectivity index (χ1v) is 16.8. The van der Waals surface area contributed by atoms with Gasteiger partial charge >= 0.3 is 0 Å². The molecule has 7 aromatic rings. The predicted octanol–water partition coefficient (Wildman–Crippen LogP) is 10.0. The Labute approximate surface area is 293 Å². The van der Waals surface area contributed by atoms with Gasteiger partial charge in [0.05, 0.1) is 11.9 Å². The molecule has 7 rings (SSSR count). The Balaban J connectivity index is 1.41. The van der Waals surface area contributed by atoms with Gasteiger partial charge in [0.15, 0.2) is 23.3 Å². The average molecular weight is 654 g/mol. The fourth-order valence-electron chi connectivity index (χ4n) is 5.84. The Hall–Kier alpha value is -5.95. The lowest BCUT2D eigenvalue weighted by Gasteiger charge is -2.26. The molecule has 0 fully saturated rings. The van der Waals surface area contributed by atoms with Gasteiger partial charge in [-0.25, -0.2) is 24.9 Å². The van der Waals surface area contributed by atoms with Crippen LogP contribution in [0.15, 0.2) is 128 Å². The monoisotopic (exact) mass is 653 g/mol. The molecule has 0 bridgehead atoms. The number of hydrogen-bond acceptors (Lipinski definition) is 7. The number of hydrogen-bond donors (Lipinski definition) is 0. The highest BCUT2D eigenvalue weighted by Gasteiger charge is 2.22. The summed E-state index contributed by atoms with van der Waals surface area (Å²) in [6.45, 7) is 13.6. The van der Waals surface area contributed by atoms with E-state index in [9.17, 15) is 0 Å². The van der Waals surface area contributed by atoms with E-state index < -0.39 is 0 Å². The molecule has 0 aliphatic rings. The molecule has 246 valence electrons. The quantitative estimate of drug-likeness (QED) is 0.176. The largest absolute Gasteiger partial charge is 0.261 e. The molecule has 0 amide bonds. The van der Waals surface area contributed by atoms with Crippen molar-refractivity contribution in [1.82, 2.24) is 34.9 Å². The molecule has 0 aliphatic carbocycles. The second-order valence-electron chi connectivity index (χ2n) is 14.5. The number of aromatic nitrogens is 7. The standard InChI is InChI=1S/C43H39N7/c1-42(2,3)33-24-32(25-34(26-33)43(4,5)6)28-12-9-14-30(22-28)39-48-40(31-15-10-13-29(23-31)38-46-18-11-19-47-38)50-41(49-39)36-17-8-7-16-35(36)37-27-44-20-21-45-37/h7-27H,1-6H3. The third-order valence-corrected chi connectivity index (χ3v) is 8.71. The van der Waals surface area contributed by atoms with Crippen LogP contribution in [0.25, 0.3) is 67.9 Å². The minimum Gasteiger partial charge on any atom is -0.261 e. The summed E-state index contributed by atoms with van der Waals surface area (Å²) in [5.74, 6) is 2.30. The smallest absolute Gasteiger partial charge is 0.164 e. The van der Waals surface area contributed by atoms with Gasteiger partial charge in [0.2, 0.25) is 0 Å². The highest BCUT2D eigenvalue weighted by Crippen LogP contribution is 2.36. The van der Waals surface area contributed by atoms with Gasteiger partial charge in [-0.2, -0.15) is 0 Å². The first kappa shape index (κ1) is 32.6. The molecule has 3 heterocycles. The van der Waals surface area contributed by atoms with Gasteiger partial charge in [-0.3, -0.25) is 9.97 Å². The number of benzene rings is 4. The van der Waals surface area contributed by atoms with Gasteiger partial charge in [0.25, 0.3) is 0 Å². The van der Waals surface area contributed by atoms with Crippen molar-refractivity contribution in [3.63, 3.8) is 0 Å². The topological polar surface area (TPSA) is 90.2 Å². The Morgan fingerprint density at radius 2 is 0.940 bits per heavy atom. The van der Waals surface area contributed by atoms with Gasteiger partial charge in [-0.1, -0.05) is 120 Å². The molecule has 0 saturated heterocycles. The first-order chi connectivity index (χ1) is 24.0. The van der Waals surface area contributed by atoms with Crippen molar-refractivity contribution in [2.45, 2.75) is 52.4 Å². The molecule has 0 atom stereocenters. The van der Waals surface area contributed by atoms with Gasteiger partial charge in [-0.05, 0) is 51.3 Å². The summed E-state index contributed by atoms with van der Waals surface area (Å²) in [5.41, 5.74) is 9.95. The van der Waals surface area contributed by atoms with E-state index in [1.165, 1.54) is 16.7 Å². The van der Waals surface area contributed by atoms with E-state index in [1.807, 2.05) is 54.6 Å². The van der Waals surface area contributed by atoms with Crippen LogP contribution in [0.3, 0.4) is 0 Å². The summed E-state index contributed by atoms with van der Waals surface area (Å²) >= 11 is 0. The highest BCUT2D eigenvalue weighted by atomic mass is 15.0. The van der Waals surface area contributed by atoms with Crippen LogP contribution in [-0.2, 0) is 10.8 Å². The van der Waals surface area contributed by atoms with Crippen molar-refractivity contribution < 1.29 is 0 Å². The Morgan fingerprint density at radius 3 is 1.52 bits per heavy atom. The maximum absolute atomic E-state index is 5.12. The second-order valence-corrected chi connectivity index (χ2v) is 14.5. The Morgan fingerprint density at radius 1 is 0.400 bits per heavy atom. The van der Waals surface area contributed by atoms with E-state index in [0.717, 1.165) is 39.1 Å². The molecule has 7 heteroatoms. The summed E-state index contributed by atoms with van der Waals surface area (Å²) in [4.78, 5) is 33.1. The van der Waals surface area contributed by atoms with Crippen molar-refractivity contribution in [1.29, 1.82) is 0 Å². The summed E-state index contributed by atoms with van der Waals surface area (Å²) in [6.07, 6.45) is 8.60. The van der Waals surface area contributed by atoms with Gasteiger partial charge in [-0.15, -0.1) is 0 Å². The van der Waals surface area contributed by atoms with Crippen molar-refractivity contribution in [3.8, 4) is 67.9 Å². The third-order valence-electron chi connectivity index (χ3n) is 8.71. The maximum atomic E-state index is 5.12. The second kappa shape index (κ2) is 13.2. The van der Waals surface area contributed by atoms with E-state index in [0.29, 0.717) is 23.3 Å². The van der Waals surface area contributed by atoms with E-state index in [2.05, 4.69) is 104 Å². The molecule has 3 aromatic heterocycles. The van der Waals surface area contributed by atoms with E-state index in [4.69, 9.17) is 15.0 Å². The lowest BCUT2D eigenvalue weighted by molar-refractivity contribution is 0.569. The van der Waals surface area contributed by atoms with Gasteiger partial charge in [0, 0.05) is 52.6 Å². The Bertz CT molecular complexity index is 2250. The molecule has 0 radical (unpaired) electrons. The van der Waals surface area contributed by atoms with Crippen LogP contribution in [0, 0.1) is 0 Å². The molecular weight excluding hydrogens is 615 g/mol. The molecule has 0 N–H and O–H groups in total. The zero-order valence-corrected chi connectivity index (χ0v) is 29.3. The van der Waals surface area contributed by atoms with Crippen molar-refractivity contribution in [3.05, 3.63) is 139 Å². The highest BCUT2D eigenvalue weighted by molar-refractivity contribution is 5.80. The molecule has 0 unspecified atom stereocenters. The minimum absolute atomic E-state index is 0.00147. The Kier molecular flexibility index (Phi) is 8.58. The molecular formula is C43H39N7. The van der Waals surface area contributed by atoms with Crippen LogP contribution in [0.4, 0.5) is 0 Å². The van der Waals surface area contributed by atoms with Gasteiger partial charge in [0.1, 0.15) is 0 Å². The predicted molar refractivity (Wildman–Crippen MR) is 201 cm³/mol. The lowest BCUT2D eigenvalue weighted by Crippen LogP contribution is -2.16. The van der Waals surface area contributed by atoms with Crippen LogP contribution in [-0.4, -0.2) is 34.9 Å². The van der Waals surface area contributed by atoms with E-state index in [-0.39, 0.29) is 10.8 Å². The zero-order chi connectivity index (χ0) is 34.9. The minimum atomic E-state index is 0.00147. The number of rotatable bonds is 6. The fourth-order valence-corrected chi connectivity index (χ4v) is 5.84. The fraction of sp³-hybridized carbons (Fsp3) is 0.186. The summed E-state index contributed by atoms with van der Waals surface area (Å²) in [5, 5.41) is 0. The molecule has 0 spiro atoms. The van der Waals surface area contributed by atoms with Crippen molar-refractivity contribution >= 4 is 0 Å². The van der Waals surface area contributed by atoms with Crippen LogP contribution in [0.1, 0.15) is 52.7 Å². The summed E-state index contributed by atoms with van der Waals surface area (Å²) < 4.78 is 0. The molecule has 0 saturated carbocycles. The van der Waals surface area contributed by atoms with Crippen LogP contribution < -0.4 is 0 Å². The normalized spacial score (nSPS) is 11.8. The first-order valence-electron chi connectivity index (χ1n) is 16.8. The summed E-state index contributed by atoms with van der Waals surface area (Å²) in [7, 11) is 0. The van der Waals surface area contributed by atoms with Crippen LogP contribution in [0.2, 0.25) is 0 Å².